The maximum Gasteiger partial charge on any atom is 0.147 e. The summed E-state index contributed by atoms with van der Waals surface area (Å²) in [5, 5.41) is 8.70. The molecule has 0 amide bonds. The van der Waals surface area contributed by atoms with Gasteiger partial charge in [-0.2, -0.15) is 0 Å². The molecule has 0 atom stereocenters. The van der Waals surface area contributed by atoms with E-state index in [1.807, 2.05) is 6.92 Å². The lowest BCUT2D eigenvalue weighted by Gasteiger charge is -2.07. The highest BCUT2D eigenvalue weighted by Gasteiger charge is 2.06. The number of rotatable bonds is 4. The Morgan fingerprint density at radius 2 is 2.43 bits per heavy atom. The van der Waals surface area contributed by atoms with Gasteiger partial charge in [0.1, 0.15) is 17.3 Å². The number of hydrogen-bond acceptors (Lipinski definition) is 3. The summed E-state index contributed by atoms with van der Waals surface area (Å²) in [4.78, 5) is 3.73. The summed E-state index contributed by atoms with van der Waals surface area (Å²) >= 11 is 0. The van der Waals surface area contributed by atoms with Crippen molar-refractivity contribution in [1.29, 1.82) is 0 Å². The average molecular weight is 197 g/mol. The van der Waals surface area contributed by atoms with E-state index in [4.69, 9.17) is 9.84 Å². The molecule has 0 spiro atoms. The van der Waals surface area contributed by atoms with Crippen molar-refractivity contribution in [1.82, 2.24) is 4.98 Å². The van der Waals surface area contributed by atoms with E-state index in [0.29, 0.717) is 17.9 Å². The van der Waals surface area contributed by atoms with E-state index in [-0.39, 0.29) is 5.69 Å². The number of aliphatic hydroxyl groups excluding tert-OH is 1. The second-order valence-electron chi connectivity index (χ2n) is 2.67. The van der Waals surface area contributed by atoms with Crippen LogP contribution in [0.25, 0.3) is 5.76 Å². The second kappa shape index (κ2) is 4.72. The first-order valence-electron chi connectivity index (χ1n) is 4.26. The topological polar surface area (TPSA) is 42.4 Å². The predicted molar refractivity (Wildman–Crippen MR) is 50.8 cm³/mol. The van der Waals surface area contributed by atoms with Gasteiger partial charge in [-0.1, -0.05) is 6.58 Å². The average Bonchev–Trinajstić information content (AvgIpc) is 2.18. The molecule has 1 heterocycles. The van der Waals surface area contributed by atoms with Gasteiger partial charge in [0.05, 0.1) is 13.2 Å². The fraction of sp³-hybridized carbons (Fsp3) is 0.300. The summed E-state index contributed by atoms with van der Waals surface area (Å²) < 4.78 is 18.2. The quantitative estimate of drug-likeness (QED) is 0.747. The van der Waals surface area contributed by atoms with E-state index in [9.17, 15) is 4.39 Å². The van der Waals surface area contributed by atoms with Crippen molar-refractivity contribution in [2.24, 2.45) is 0 Å². The van der Waals surface area contributed by atoms with Gasteiger partial charge in [0.25, 0.3) is 0 Å². The molecule has 0 radical (unpaired) electrons. The van der Waals surface area contributed by atoms with Crippen LogP contribution in [0.2, 0.25) is 0 Å². The van der Waals surface area contributed by atoms with Crippen molar-refractivity contribution >= 4 is 5.76 Å². The normalized spacial score (nSPS) is 9.93. The van der Waals surface area contributed by atoms with Crippen LogP contribution in [0.1, 0.15) is 18.2 Å². The third-order valence-electron chi connectivity index (χ3n) is 1.71. The molecule has 4 heteroatoms. The molecule has 1 aromatic heterocycles. The first-order valence-corrected chi connectivity index (χ1v) is 4.26. The maximum absolute atomic E-state index is 13.1. The van der Waals surface area contributed by atoms with Gasteiger partial charge in [0, 0.05) is 11.8 Å². The van der Waals surface area contributed by atoms with Crippen molar-refractivity contribution in [3.05, 3.63) is 35.9 Å². The zero-order valence-corrected chi connectivity index (χ0v) is 7.96. The predicted octanol–water partition coefficient (Wildman–Crippen LogP) is 1.72. The Hall–Kier alpha value is -1.42. The molecule has 0 aliphatic carbocycles. The van der Waals surface area contributed by atoms with E-state index in [1.165, 1.54) is 12.3 Å². The maximum atomic E-state index is 13.1. The lowest BCUT2D eigenvalue weighted by molar-refractivity contribution is 0.269. The Bertz CT molecular complexity index is 339. The zero-order valence-electron chi connectivity index (χ0n) is 7.96. The minimum Gasteiger partial charge on any atom is -0.494 e. The molecule has 0 aliphatic heterocycles. The molecule has 76 valence electrons. The second-order valence-corrected chi connectivity index (χ2v) is 2.67. The Morgan fingerprint density at radius 3 is 2.93 bits per heavy atom. The summed E-state index contributed by atoms with van der Waals surface area (Å²) in [6, 6.07) is 1.25. The molecule has 0 saturated carbocycles. The molecule has 0 aromatic carbocycles. The summed E-state index contributed by atoms with van der Waals surface area (Å²) in [7, 11) is 0. The van der Waals surface area contributed by atoms with Crippen LogP contribution in [-0.4, -0.2) is 16.7 Å². The Kier molecular flexibility index (Phi) is 3.59. The Balaban J connectivity index is 2.91. The first-order chi connectivity index (χ1) is 6.69. The van der Waals surface area contributed by atoms with Gasteiger partial charge in [0.15, 0.2) is 0 Å². The fourth-order valence-electron chi connectivity index (χ4n) is 0.993. The number of hydrogen-bond donors (Lipinski definition) is 1. The Labute approximate surface area is 81.9 Å². The van der Waals surface area contributed by atoms with Crippen LogP contribution in [0, 0.1) is 5.82 Å². The van der Waals surface area contributed by atoms with E-state index < -0.39 is 12.4 Å². The van der Waals surface area contributed by atoms with Gasteiger partial charge < -0.3 is 9.84 Å². The summed E-state index contributed by atoms with van der Waals surface area (Å²) in [5.74, 6) is -0.172. The van der Waals surface area contributed by atoms with Crippen LogP contribution in [0.5, 0.6) is 0 Å². The molecule has 0 fully saturated rings. The van der Waals surface area contributed by atoms with Crippen LogP contribution in [0.3, 0.4) is 0 Å². The van der Waals surface area contributed by atoms with Gasteiger partial charge in [-0.3, -0.25) is 4.98 Å². The fourth-order valence-corrected chi connectivity index (χ4v) is 0.993. The third kappa shape index (κ3) is 2.29. The lowest BCUT2D eigenvalue weighted by Crippen LogP contribution is -1.98. The Morgan fingerprint density at radius 1 is 1.71 bits per heavy atom. The molecule has 1 aromatic rings. The van der Waals surface area contributed by atoms with Gasteiger partial charge in [-0.05, 0) is 13.0 Å². The lowest BCUT2D eigenvalue weighted by atomic mass is 10.2. The van der Waals surface area contributed by atoms with E-state index in [2.05, 4.69) is 11.6 Å². The molecular weight excluding hydrogens is 185 g/mol. The number of pyridine rings is 1. The van der Waals surface area contributed by atoms with Gasteiger partial charge in [-0.15, -0.1) is 0 Å². The highest BCUT2D eigenvalue weighted by atomic mass is 19.1. The summed E-state index contributed by atoms with van der Waals surface area (Å²) in [5.41, 5.74) is 0.514. The monoisotopic (exact) mass is 197 g/mol. The van der Waals surface area contributed by atoms with Crippen molar-refractivity contribution in [3.63, 3.8) is 0 Å². The van der Waals surface area contributed by atoms with Crippen molar-refractivity contribution in [3.8, 4) is 0 Å². The minimum atomic E-state index is -0.550. The molecule has 0 bridgehead atoms. The minimum absolute atomic E-state index is 0.0260. The van der Waals surface area contributed by atoms with Crippen LogP contribution >= 0.6 is 0 Å². The molecule has 0 unspecified atom stereocenters. The number of ether oxygens (including phenoxy) is 1. The van der Waals surface area contributed by atoms with E-state index in [1.54, 1.807) is 0 Å². The van der Waals surface area contributed by atoms with Crippen molar-refractivity contribution < 1.29 is 14.2 Å². The molecule has 1 rings (SSSR count). The van der Waals surface area contributed by atoms with E-state index >= 15 is 0 Å². The largest absolute Gasteiger partial charge is 0.494 e. The summed E-state index contributed by atoms with van der Waals surface area (Å²) in [6.07, 6.45) is 1.42. The molecule has 0 aliphatic rings. The highest BCUT2D eigenvalue weighted by Crippen LogP contribution is 2.15. The smallest absolute Gasteiger partial charge is 0.147 e. The number of aromatic nitrogens is 1. The van der Waals surface area contributed by atoms with Gasteiger partial charge >= 0.3 is 0 Å². The number of aliphatic hydroxyl groups is 1. The molecule has 1 N–H and O–H groups in total. The van der Waals surface area contributed by atoms with Crippen LogP contribution < -0.4 is 0 Å². The third-order valence-corrected chi connectivity index (χ3v) is 1.71. The van der Waals surface area contributed by atoms with E-state index in [0.717, 1.165) is 0 Å². The molecule has 14 heavy (non-hydrogen) atoms. The standard InChI is InChI=1S/C10H12FNO2/c1-3-14-7(2)8-4-9(11)10(6-13)12-5-8/h4-5,13H,2-3,6H2,1H3. The van der Waals surface area contributed by atoms with Gasteiger partial charge in [-0.25, -0.2) is 4.39 Å². The van der Waals surface area contributed by atoms with Gasteiger partial charge in [0.2, 0.25) is 0 Å². The van der Waals surface area contributed by atoms with Crippen LogP contribution in [0.15, 0.2) is 18.8 Å². The van der Waals surface area contributed by atoms with Crippen LogP contribution in [-0.2, 0) is 11.3 Å². The first kappa shape index (κ1) is 10.7. The SMILES string of the molecule is C=C(OCC)c1cnc(CO)c(F)c1. The van der Waals surface area contributed by atoms with Crippen molar-refractivity contribution in [2.75, 3.05) is 6.61 Å². The summed E-state index contributed by atoms with van der Waals surface area (Å²) in [6.45, 7) is 5.50. The number of nitrogens with zero attached hydrogens (tertiary/aromatic N) is 1. The van der Waals surface area contributed by atoms with Crippen molar-refractivity contribution in [2.45, 2.75) is 13.5 Å². The molecular formula is C10H12FNO2. The van der Waals surface area contributed by atoms with Crippen LogP contribution in [0.4, 0.5) is 4.39 Å². The number of halogens is 1. The molecule has 0 saturated heterocycles. The molecule has 3 nitrogen and oxygen atoms in total. The highest BCUT2D eigenvalue weighted by molar-refractivity contribution is 5.56. The zero-order chi connectivity index (χ0) is 10.6.